The number of carbonyl (C=O) groups is 1. The van der Waals surface area contributed by atoms with E-state index in [-0.39, 0.29) is 12.5 Å². The molecule has 1 N–H and O–H groups in total. The fourth-order valence-electron chi connectivity index (χ4n) is 2.14. The molecule has 9 nitrogen and oxygen atoms in total. The van der Waals surface area contributed by atoms with Crippen molar-refractivity contribution in [2.24, 2.45) is 5.10 Å². The smallest absolute Gasteiger partial charge is 0.266 e. The van der Waals surface area contributed by atoms with Gasteiger partial charge >= 0.3 is 0 Å². The zero-order valence-corrected chi connectivity index (χ0v) is 12.0. The molecule has 1 aliphatic rings. The average molecular weight is 300 g/mol. The predicted octanol–water partition coefficient (Wildman–Crippen LogP) is -0.181. The monoisotopic (exact) mass is 300 g/mol. The number of aromatic nitrogens is 5. The summed E-state index contributed by atoms with van der Waals surface area (Å²) in [6.07, 6.45) is 7.12. The first-order chi connectivity index (χ1) is 10.8. The van der Waals surface area contributed by atoms with Crippen LogP contribution < -0.4 is 10.3 Å². The van der Waals surface area contributed by atoms with Crippen LogP contribution in [-0.2, 0) is 11.3 Å². The topological polar surface area (TPSA) is 101 Å². The lowest BCUT2D eigenvalue weighted by molar-refractivity contribution is -0.122. The highest BCUT2D eigenvalue weighted by Crippen LogP contribution is 2.13. The van der Waals surface area contributed by atoms with Crippen LogP contribution in [0, 0.1) is 0 Å². The van der Waals surface area contributed by atoms with E-state index < -0.39 is 0 Å². The van der Waals surface area contributed by atoms with Crippen molar-refractivity contribution in [3.05, 3.63) is 30.1 Å². The molecule has 1 saturated heterocycles. The number of carbonyl (C=O) groups excluding carboxylic acids is 1. The Morgan fingerprint density at radius 3 is 3.05 bits per heavy atom. The van der Waals surface area contributed by atoms with Crippen molar-refractivity contribution in [3.63, 3.8) is 0 Å². The van der Waals surface area contributed by atoms with Crippen molar-refractivity contribution >= 4 is 18.1 Å². The molecule has 2 aromatic heterocycles. The van der Waals surface area contributed by atoms with Crippen LogP contribution in [0.2, 0.25) is 0 Å². The molecule has 0 aliphatic carbocycles. The lowest BCUT2D eigenvalue weighted by atomic mass is 10.3. The molecular formula is C13H16N8O. The van der Waals surface area contributed by atoms with Gasteiger partial charge < -0.3 is 4.90 Å². The van der Waals surface area contributed by atoms with E-state index >= 15 is 0 Å². The molecule has 0 radical (unpaired) electrons. The fourth-order valence-corrected chi connectivity index (χ4v) is 2.14. The molecule has 0 unspecified atom stereocenters. The zero-order valence-electron chi connectivity index (χ0n) is 12.0. The Hall–Kier alpha value is -2.84. The summed E-state index contributed by atoms with van der Waals surface area (Å²) in [6, 6.07) is 3.63. The molecule has 3 heterocycles. The highest BCUT2D eigenvalue weighted by molar-refractivity contribution is 5.81. The van der Waals surface area contributed by atoms with Crippen molar-refractivity contribution in [2.45, 2.75) is 19.4 Å². The van der Waals surface area contributed by atoms with Gasteiger partial charge in [-0.2, -0.15) is 9.90 Å². The zero-order chi connectivity index (χ0) is 15.2. The second-order valence-electron chi connectivity index (χ2n) is 4.89. The normalized spacial score (nSPS) is 14.6. The minimum Gasteiger partial charge on any atom is -0.338 e. The highest BCUT2D eigenvalue weighted by atomic mass is 16.2. The lowest BCUT2D eigenvalue weighted by Gasteiger charge is -2.09. The summed E-state index contributed by atoms with van der Waals surface area (Å²) >= 11 is 0. The maximum absolute atomic E-state index is 11.8. The second kappa shape index (κ2) is 6.74. The maximum Gasteiger partial charge on any atom is 0.266 e. The van der Waals surface area contributed by atoms with Gasteiger partial charge in [0.1, 0.15) is 6.54 Å². The summed E-state index contributed by atoms with van der Waals surface area (Å²) in [5.74, 6) is 0.259. The molecule has 1 fully saturated rings. The Labute approximate surface area is 127 Å². The minimum absolute atomic E-state index is 0.0226. The van der Waals surface area contributed by atoms with Gasteiger partial charge in [0.05, 0.1) is 6.21 Å². The number of hydrogen-bond donors (Lipinski definition) is 1. The van der Waals surface area contributed by atoms with Crippen LogP contribution in [-0.4, -0.2) is 50.4 Å². The van der Waals surface area contributed by atoms with E-state index in [9.17, 15) is 4.79 Å². The number of amides is 1. The van der Waals surface area contributed by atoms with Gasteiger partial charge in [0.2, 0.25) is 0 Å². The van der Waals surface area contributed by atoms with Gasteiger partial charge in [-0.25, -0.2) is 5.43 Å². The third-order valence-corrected chi connectivity index (χ3v) is 3.20. The number of rotatable bonds is 5. The molecule has 114 valence electrons. The van der Waals surface area contributed by atoms with Crippen molar-refractivity contribution < 1.29 is 4.79 Å². The minimum atomic E-state index is -0.314. The van der Waals surface area contributed by atoms with Crippen LogP contribution in [0.25, 0.3) is 0 Å². The summed E-state index contributed by atoms with van der Waals surface area (Å²) in [6.45, 7) is 1.85. The summed E-state index contributed by atoms with van der Waals surface area (Å²) in [5, 5.41) is 15.9. The quantitative estimate of drug-likeness (QED) is 0.607. The SMILES string of the molecule is O=C(Cn1nnc(N2CCCC2)n1)N/N=C\c1cccnc1. The molecule has 22 heavy (non-hydrogen) atoms. The molecule has 1 amide bonds. The predicted molar refractivity (Wildman–Crippen MR) is 79.2 cm³/mol. The summed E-state index contributed by atoms with van der Waals surface area (Å²) in [4.78, 5) is 19.0. The Morgan fingerprint density at radius 1 is 1.41 bits per heavy atom. The van der Waals surface area contributed by atoms with E-state index in [1.165, 1.54) is 11.0 Å². The second-order valence-corrected chi connectivity index (χ2v) is 4.89. The van der Waals surface area contributed by atoms with Crippen molar-refractivity contribution in [1.82, 2.24) is 30.6 Å². The van der Waals surface area contributed by atoms with Crippen molar-refractivity contribution in [3.8, 4) is 0 Å². The van der Waals surface area contributed by atoms with Gasteiger partial charge in [-0.1, -0.05) is 11.2 Å². The number of hydrazone groups is 1. The highest BCUT2D eigenvalue weighted by Gasteiger charge is 2.17. The van der Waals surface area contributed by atoms with Gasteiger partial charge in [0, 0.05) is 31.0 Å². The van der Waals surface area contributed by atoms with E-state index in [1.54, 1.807) is 18.5 Å². The average Bonchev–Trinajstić information content (AvgIpc) is 3.19. The molecule has 0 aromatic carbocycles. The molecule has 1 aliphatic heterocycles. The van der Waals surface area contributed by atoms with E-state index in [1.807, 2.05) is 6.07 Å². The number of pyridine rings is 1. The third-order valence-electron chi connectivity index (χ3n) is 3.20. The molecular weight excluding hydrogens is 284 g/mol. The lowest BCUT2D eigenvalue weighted by Crippen LogP contribution is -2.25. The number of tetrazole rings is 1. The van der Waals surface area contributed by atoms with Crippen LogP contribution in [0.15, 0.2) is 29.6 Å². The Balaban J connectivity index is 1.50. The fraction of sp³-hybridized carbons (Fsp3) is 0.385. The molecule has 3 rings (SSSR count). The molecule has 9 heteroatoms. The first-order valence-electron chi connectivity index (χ1n) is 7.06. The summed E-state index contributed by atoms with van der Waals surface area (Å²) < 4.78 is 0. The van der Waals surface area contributed by atoms with E-state index in [0.29, 0.717) is 5.95 Å². The largest absolute Gasteiger partial charge is 0.338 e. The van der Waals surface area contributed by atoms with Crippen LogP contribution in [0.4, 0.5) is 5.95 Å². The molecule has 0 spiro atoms. The van der Waals surface area contributed by atoms with Gasteiger partial charge in [-0.05, 0) is 24.1 Å². The molecule has 0 atom stereocenters. The van der Waals surface area contributed by atoms with Crippen LogP contribution in [0.1, 0.15) is 18.4 Å². The van der Waals surface area contributed by atoms with Gasteiger partial charge in [0.25, 0.3) is 11.9 Å². The number of hydrogen-bond acceptors (Lipinski definition) is 7. The summed E-state index contributed by atoms with van der Waals surface area (Å²) in [5.41, 5.74) is 3.22. The summed E-state index contributed by atoms with van der Waals surface area (Å²) in [7, 11) is 0. The number of nitrogens with one attached hydrogen (secondary N) is 1. The van der Waals surface area contributed by atoms with E-state index in [2.05, 4.69) is 35.8 Å². The van der Waals surface area contributed by atoms with Gasteiger partial charge in [-0.3, -0.25) is 9.78 Å². The molecule has 2 aromatic rings. The Morgan fingerprint density at radius 2 is 2.27 bits per heavy atom. The maximum atomic E-state index is 11.8. The molecule has 0 bridgehead atoms. The molecule has 0 saturated carbocycles. The standard InChI is InChI=1S/C13H16N8O/c22-12(16-15-9-11-4-3-5-14-8-11)10-21-18-13(17-19-21)20-6-1-2-7-20/h3-5,8-9H,1-2,6-7,10H2,(H,16,22)/b15-9-. The van der Waals surface area contributed by atoms with Crippen LogP contribution >= 0.6 is 0 Å². The first kappa shape index (κ1) is 14.1. The van der Waals surface area contributed by atoms with Gasteiger partial charge in [0.15, 0.2) is 0 Å². The third kappa shape index (κ3) is 3.62. The van der Waals surface area contributed by atoms with E-state index in [0.717, 1.165) is 31.5 Å². The van der Waals surface area contributed by atoms with Gasteiger partial charge in [-0.15, -0.1) is 5.10 Å². The number of anilines is 1. The van der Waals surface area contributed by atoms with E-state index in [4.69, 9.17) is 0 Å². The first-order valence-corrected chi connectivity index (χ1v) is 7.06. The van der Waals surface area contributed by atoms with Crippen molar-refractivity contribution in [1.29, 1.82) is 0 Å². The van der Waals surface area contributed by atoms with Crippen molar-refractivity contribution in [2.75, 3.05) is 18.0 Å². The Kier molecular flexibility index (Phi) is 4.33. The van der Waals surface area contributed by atoms with Crippen LogP contribution in [0.5, 0.6) is 0 Å². The van der Waals surface area contributed by atoms with Crippen LogP contribution in [0.3, 0.4) is 0 Å². The number of nitrogens with zero attached hydrogens (tertiary/aromatic N) is 7. The Bertz CT molecular complexity index is 647.